The summed E-state index contributed by atoms with van der Waals surface area (Å²) in [4.78, 5) is 14.4. The molecule has 0 spiro atoms. The molecule has 1 aliphatic heterocycles. The summed E-state index contributed by atoms with van der Waals surface area (Å²) in [6, 6.07) is 6.15. The Morgan fingerprint density at radius 1 is 1.12 bits per heavy atom. The van der Waals surface area contributed by atoms with Gasteiger partial charge in [0, 0.05) is 0 Å². The maximum atomic E-state index is 10.2. The first kappa shape index (κ1) is 26.0. The first-order valence-electron chi connectivity index (χ1n) is 9.86. The van der Waals surface area contributed by atoms with Gasteiger partial charge in [-0.1, -0.05) is 39.0 Å². The molecule has 0 bridgehead atoms. The molecular formula is C19H24ClN5O9. The van der Waals surface area contributed by atoms with E-state index in [1.807, 2.05) is 26.0 Å². The predicted octanol–water partition coefficient (Wildman–Crippen LogP) is -5.60. The molecule has 1 aliphatic rings. The van der Waals surface area contributed by atoms with Crippen molar-refractivity contribution in [2.45, 2.75) is 45.0 Å². The molecule has 2 aromatic heterocycles. The number of aliphatic hydroxyl groups is 3. The number of fused-ring (bicyclic) bond motifs is 1. The summed E-state index contributed by atoms with van der Waals surface area (Å²) in [7, 11) is -4.94. The lowest BCUT2D eigenvalue weighted by atomic mass is 10.1. The minimum Gasteiger partial charge on any atom is -0.394 e. The van der Waals surface area contributed by atoms with Crippen LogP contribution in [0.1, 0.15) is 22.9 Å². The van der Waals surface area contributed by atoms with Crippen LogP contribution in [0.2, 0.25) is 0 Å². The Bertz CT molecular complexity index is 1110. The number of hydrogen-bond acceptors (Lipinski definition) is 12. The number of aryl methyl sites for hydroxylation is 2. The van der Waals surface area contributed by atoms with Crippen LogP contribution in [0.3, 0.4) is 0 Å². The molecular weight excluding hydrogens is 478 g/mol. The van der Waals surface area contributed by atoms with Crippen molar-refractivity contribution in [1.29, 1.82) is 0 Å². The van der Waals surface area contributed by atoms with E-state index in [1.54, 1.807) is 0 Å². The number of imidazole rings is 1. The number of halogens is 1. The van der Waals surface area contributed by atoms with Gasteiger partial charge in [-0.15, -0.1) is 10.2 Å². The monoisotopic (exact) mass is 501 g/mol. The highest BCUT2D eigenvalue weighted by atomic mass is 35.7. The van der Waals surface area contributed by atoms with E-state index in [0.717, 1.165) is 16.7 Å². The van der Waals surface area contributed by atoms with E-state index in [0.29, 0.717) is 17.8 Å². The molecule has 4 rings (SSSR count). The molecule has 186 valence electrons. The number of anilines is 1. The summed E-state index contributed by atoms with van der Waals surface area (Å²) in [6.45, 7) is 3.94. The number of aliphatic hydroxyl groups excluding tert-OH is 3. The number of hydrogen-bond donors (Lipinski definition) is 4. The van der Waals surface area contributed by atoms with Crippen LogP contribution in [0.4, 0.5) is 5.82 Å². The highest BCUT2D eigenvalue weighted by molar-refractivity contribution is 5.79. The van der Waals surface area contributed by atoms with Gasteiger partial charge in [0.2, 0.25) is 11.2 Å². The lowest BCUT2D eigenvalue weighted by Gasteiger charge is -2.17. The van der Waals surface area contributed by atoms with Crippen molar-refractivity contribution in [2.24, 2.45) is 0 Å². The Balaban J connectivity index is 0.000000588. The third-order valence-electron chi connectivity index (χ3n) is 4.98. The van der Waals surface area contributed by atoms with E-state index in [1.165, 1.54) is 22.0 Å². The third kappa shape index (κ3) is 6.06. The van der Waals surface area contributed by atoms with Gasteiger partial charge < -0.3 is 30.6 Å². The molecule has 1 aromatic carbocycles. The highest BCUT2D eigenvalue weighted by Crippen LogP contribution is 2.31. The van der Waals surface area contributed by atoms with E-state index in [-0.39, 0.29) is 5.82 Å². The molecule has 3 aromatic rings. The van der Waals surface area contributed by atoms with Crippen molar-refractivity contribution < 1.29 is 58.5 Å². The van der Waals surface area contributed by atoms with Gasteiger partial charge in [-0.25, -0.2) is 23.6 Å². The third-order valence-corrected chi connectivity index (χ3v) is 4.98. The molecule has 0 amide bonds. The number of rotatable bonds is 5. The van der Waals surface area contributed by atoms with Crippen LogP contribution >= 0.6 is 0 Å². The van der Waals surface area contributed by atoms with Crippen molar-refractivity contribution in [3.8, 4) is 0 Å². The molecule has 14 nitrogen and oxygen atoms in total. The lowest BCUT2D eigenvalue weighted by Crippen LogP contribution is -2.68. The molecule has 15 heteroatoms. The largest absolute Gasteiger partial charge is 0.394 e. The molecule has 1 saturated heterocycles. The molecule has 0 saturated carbocycles. The van der Waals surface area contributed by atoms with Crippen molar-refractivity contribution in [2.75, 3.05) is 12.3 Å². The molecule has 4 atom stereocenters. The second kappa shape index (κ2) is 10.3. The number of aromatic nitrogens is 4. The molecule has 0 aliphatic carbocycles. The standard InChI is InChI=1S/C19H23N5O5.ClHO4/c1-10-3-11(2)5-12(4-10)7-28-24-9-22-18-14(17(24)20)21-8-23(18)19-16(27)15(26)13(6-25)29-19;2-1(3,4)5/h3-5,8-9,13,15-16,19-20,25-27H,6-7H2,1-2H3;(H,2,3,4,5)/t13-,15-,16-,19-;/m1./s1. The van der Waals surface area contributed by atoms with Crippen LogP contribution in [0.25, 0.3) is 11.2 Å². The topological polar surface area (TPSA) is 232 Å². The Morgan fingerprint density at radius 2 is 1.74 bits per heavy atom. The van der Waals surface area contributed by atoms with E-state index in [4.69, 9.17) is 33.9 Å². The van der Waals surface area contributed by atoms with Gasteiger partial charge in [-0.2, -0.15) is 0 Å². The van der Waals surface area contributed by atoms with E-state index >= 15 is 0 Å². The Morgan fingerprint density at radius 3 is 2.29 bits per heavy atom. The SMILES string of the molecule is Cc1cc(C)cc(CO[n+]2cnc3c(ncn3[C@@H]3O[C@H](CO)[C@@H](O)[C@H]3O)c2N)c1.[O-][Cl+3]([O-])([O-])[O-]. The average Bonchev–Trinajstić information content (AvgIpc) is 3.27. The van der Waals surface area contributed by atoms with Crippen LogP contribution < -0.4 is 33.9 Å². The molecule has 0 radical (unpaired) electrons. The number of nitrogen functional groups attached to an aromatic ring is 1. The number of benzene rings is 1. The van der Waals surface area contributed by atoms with E-state index < -0.39 is 41.4 Å². The summed E-state index contributed by atoms with van der Waals surface area (Å²) < 4.78 is 42.3. The Labute approximate surface area is 195 Å². The lowest BCUT2D eigenvalue weighted by molar-refractivity contribution is -2.00. The zero-order valence-corrected chi connectivity index (χ0v) is 18.9. The smallest absolute Gasteiger partial charge is 0.289 e. The van der Waals surface area contributed by atoms with Crippen LogP contribution in [0.15, 0.2) is 30.9 Å². The van der Waals surface area contributed by atoms with E-state index in [2.05, 4.69) is 16.0 Å². The van der Waals surface area contributed by atoms with Gasteiger partial charge in [0.15, 0.2) is 12.8 Å². The molecule has 3 heterocycles. The molecule has 1 fully saturated rings. The summed E-state index contributed by atoms with van der Waals surface area (Å²) in [5.74, 6) is 0.241. The molecule has 34 heavy (non-hydrogen) atoms. The van der Waals surface area contributed by atoms with Crippen LogP contribution in [-0.2, 0) is 11.3 Å². The van der Waals surface area contributed by atoms with Crippen molar-refractivity contribution in [3.63, 3.8) is 0 Å². The second-order valence-electron chi connectivity index (χ2n) is 7.66. The van der Waals surface area contributed by atoms with Gasteiger partial charge in [0.05, 0.1) is 6.61 Å². The minimum absolute atomic E-state index is 0.241. The van der Waals surface area contributed by atoms with Crippen molar-refractivity contribution >= 4 is 17.0 Å². The number of nitrogens with zero attached hydrogens (tertiary/aromatic N) is 4. The van der Waals surface area contributed by atoms with Gasteiger partial charge in [-0.05, 0) is 19.4 Å². The summed E-state index contributed by atoms with van der Waals surface area (Å²) in [6.07, 6.45) is -1.44. The van der Waals surface area contributed by atoms with Crippen LogP contribution in [0.5, 0.6) is 0 Å². The highest BCUT2D eigenvalue weighted by Gasteiger charge is 2.44. The Hall–Kier alpha value is -2.66. The van der Waals surface area contributed by atoms with Gasteiger partial charge in [0.1, 0.15) is 24.6 Å². The van der Waals surface area contributed by atoms with Crippen LogP contribution in [0, 0.1) is 24.1 Å². The quantitative estimate of drug-likeness (QED) is 0.239. The number of nitrogens with two attached hydrogens (primary N) is 1. The van der Waals surface area contributed by atoms with Crippen molar-refractivity contribution in [3.05, 3.63) is 47.5 Å². The second-order valence-corrected chi connectivity index (χ2v) is 8.41. The fourth-order valence-electron chi connectivity index (χ4n) is 3.63. The zero-order valence-electron chi connectivity index (χ0n) is 18.1. The maximum Gasteiger partial charge on any atom is 0.289 e. The first-order valence-corrected chi connectivity index (χ1v) is 11.1. The average molecular weight is 502 g/mol. The minimum atomic E-state index is -4.94. The van der Waals surface area contributed by atoms with Gasteiger partial charge >= 0.3 is 0 Å². The predicted molar refractivity (Wildman–Crippen MR) is 101 cm³/mol. The van der Waals surface area contributed by atoms with E-state index in [9.17, 15) is 15.3 Å². The number of ether oxygens (including phenoxy) is 1. The molecule has 0 unspecified atom stereocenters. The summed E-state index contributed by atoms with van der Waals surface area (Å²) in [5, 5.41) is 29.5. The van der Waals surface area contributed by atoms with Crippen LogP contribution in [-0.4, -0.2) is 54.8 Å². The fraction of sp³-hybridized carbons (Fsp3) is 0.421. The summed E-state index contributed by atoms with van der Waals surface area (Å²) >= 11 is 0. The van der Waals surface area contributed by atoms with Crippen molar-refractivity contribution in [1.82, 2.24) is 14.5 Å². The van der Waals surface area contributed by atoms with Gasteiger partial charge in [-0.3, -0.25) is 4.57 Å². The van der Waals surface area contributed by atoms with Gasteiger partial charge in [0.25, 0.3) is 12.1 Å². The summed E-state index contributed by atoms with van der Waals surface area (Å²) in [5.41, 5.74) is 10.2. The molecule has 5 N–H and O–H groups in total. The maximum absolute atomic E-state index is 10.2. The normalized spacial score (nSPS) is 22.5. The Kier molecular flexibility index (Phi) is 7.87. The zero-order chi connectivity index (χ0) is 25.2. The first-order chi connectivity index (χ1) is 15.9. The fourth-order valence-corrected chi connectivity index (χ4v) is 3.63.